The number of carbonyl (C=O) groups excluding carboxylic acids is 1. The minimum absolute atomic E-state index is 0.0640. The highest BCUT2D eigenvalue weighted by molar-refractivity contribution is 8.13. The van der Waals surface area contributed by atoms with Crippen LogP contribution in [0.2, 0.25) is 0 Å². The second-order valence-corrected chi connectivity index (χ2v) is 6.66. The van der Waals surface area contributed by atoms with Crippen molar-refractivity contribution in [2.75, 3.05) is 5.75 Å². The van der Waals surface area contributed by atoms with Crippen molar-refractivity contribution in [1.29, 1.82) is 0 Å². The molecule has 4 nitrogen and oxygen atoms in total. The molecule has 0 bridgehead atoms. The molecule has 0 aliphatic carbocycles. The maximum atomic E-state index is 11.3. The number of hydrogen-bond acceptors (Lipinski definition) is 4. The maximum Gasteiger partial charge on any atom is 0.307 e. The van der Waals surface area contributed by atoms with E-state index in [1.807, 2.05) is 54.6 Å². The van der Waals surface area contributed by atoms with Crippen LogP contribution in [0, 0.1) is 5.92 Å². The molecule has 24 heavy (non-hydrogen) atoms. The van der Waals surface area contributed by atoms with Gasteiger partial charge in [-0.05, 0) is 29.7 Å². The van der Waals surface area contributed by atoms with Crippen molar-refractivity contribution in [2.24, 2.45) is 5.92 Å². The van der Waals surface area contributed by atoms with E-state index in [0.29, 0.717) is 13.0 Å². The fourth-order valence-electron chi connectivity index (χ4n) is 2.18. The molecule has 1 N–H and O–H groups in total. The van der Waals surface area contributed by atoms with Crippen molar-refractivity contribution >= 4 is 22.8 Å². The van der Waals surface area contributed by atoms with Crippen molar-refractivity contribution in [3.8, 4) is 5.75 Å². The molecule has 1 atom stereocenters. The van der Waals surface area contributed by atoms with Crippen LogP contribution >= 0.6 is 11.8 Å². The summed E-state index contributed by atoms with van der Waals surface area (Å²) in [4.78, 5) is 22.3. The van der Waals surface area contributed by atoms with Gasteiger partial charge in [-0.25, -0.2) is 0 Å². The molecule has 2 aromatic carbocycles. The topological polar surface area (TPSA) is 63.6 Å². The average Bonchev–Trinajstić information content (AvgIpc) is 2.58. The SMILES string of the molecule is CC(=O)SCC(Cc1ccc(OCc2ccccc2)cc1)C(=O)O. The molecule has 0 saturated heterocycles. The molecule has 5 heteroatoms. The fraction of sp³-hybridized carbons (Fsp3) is 0.263. The lowest BCUT2D eigenvalue weighted by molar-refractivity contribution is -0.140. The molecule has 0 aliphatic heterocycles. The predicted octanol–water partition coefficient (Wildman–Crippen LogP) is 3.79. The number of thioether (sulfide) groups is 1. The van der Waals surface area contributed by atoms with E-state index in [2.05, 4.69) is 0 Å². The van der Waals surface area contributed by atoms with E-state index in [4.69, 9.17) is 4.74 Å². The van der Waals surface area contributed by atoms with Gasteiger partial charge >= 0.3 is 5.97 Å². The summed E-state index contributed by atoms with van der Waals surface area (Å²) in [5.41, 5.74) is 2.01. The van der Waals surface area contributed by atoms with Crippen LogP contribution in [0.3, 0.4) is 0 Å². The van der Waals surface area contributed by atoms with Gasteiger partial charge < -0.3 is 9.84 Å². The Balaban J connectivity index is 1.90. The van der Waals surface area contributed by atoms with Crippen LogP contribution in [0.5, 0.6) is 5.75 Å². The first-order valence-electron chi connectivity index (χ1n) is 7.66. The molecule has 0 fully saturated rings. The Hall–Kier alpha value is -2.27. The third kappa shape index (κ3) is 6.08. The molecule has 0 spiro atoms. The number of ether oxygens (including phenoxy) is 1. The van der Waals surface area contributed by atoms with Crippen molar-refractivity contribution in [3.63, 3.8) is 0 Å². The molecule has 0 amide bonds. The minimum Gasteiger partial charge on any atom is -0.489 e. The summed E-state index contributed by atoms with van der Waals surface area (Å²) >= 11 is 1.05. The highest BCUT2D eigenvalue weighted by Gasteiger charge is 2.19. The first kappa shape index (κ1) is 18.1. The quantitative estimate of drug-likeness (QED) is 0.789. The molecule has 2 rings (SSSR count). The van der Waals surface area contributed by atoms with Gasteiger partial charge in [0.05, 0.1) is 5.92 Å². The van der Waals surface area contributed by atoms with Gasteiger partial charge in [-0.1, -0.05) is 54.2 Å². The van der Waals surface area contributed by atoms with E-state index in [1.54, 1.807) is 0 Å². The summed E-state index contributed by atoms with van der Waals surface area (Å²) in [6.07, 6.45) is 0.397. The third-order valence-electron chi connectivity index (χ3n) is 3.49. The number of carboxylic acid groups (broad SMARTS) is 1. The second-order valence-electron chi connectivity index (χ2n) is 5.46. The molecule has 1 unspecified atom stereocenters. The van der Waals surface area contributed by atoms with Gasteiger partial charge in [0.15, 0.2) is 5.12 Å². The van der Waals surface area contributed by atoms with Gasteiger partial charge in [-0.15, -0.1) is 0 Å². The molecular formula is C19H20O4S. The van der Waals surface area contributed by atoms with Crippen LogP contribution in [-0.2, 0) is 22.6 Å². The highest BCUT2D eigenvalue weighted by Crippen LogP contribution is 2.19. The first-order chi connectivity index (χ1) is 11.5. The van der Waals surface area contributed by atoms with Crippen molar-refractivity contribution in [2.45, 2.75) is 20.0 Å². The second kappa shape index (κ2) is 9.13. The Morgan fingerprint density at radius 2 is 1.71 bits per heavy atom. The van der Waals surface area contributed by atoms with E-state index in [9.17, 15) is 14.7 Å². The highest BCUT2D eigenvalue weighted by atomic mass is 32.2. The van der Waals surface area contributed by atoms with Crippen LogP contribution in [-0.4, -0.2) is 21.9 Å². The number of carboxylic acids is 1. The van der Waals surface area contributed by atoms with Crippen LogP contribution in [0.15, 0.2) is 54.6 Å². The van der Waals surface area contributed by atoms with E-state index >= 15 is 0 Å². The Morgan fingerprint density at radius 1 is 1.04 bits per heavy atom. The number of hydrogen-bond donors (Lipinski definition) is 1. The van der Waals surface area contributed by atoms with E-state index in [-0.39, 0.29) is 10.9 Å². The fourth-order valence-corrected chi connectivity index (χ4v) is 2.88. The minimum atomic E-state index is -0.881. The molecule has 0 aliphatic rings. The normalized spacial score (nSPS) is 11.7. The summed E-state index contributed by atoms with van der Waals surface area (Å²) in [6.45, 7) is 1.94. The van der Waals surface area contributed by atoms with Gasteiger partial charge in [0.1, 0.15) is 12.4 Å². The molecule has 0 saturated carbocycles. The predicted molar refractivity (Wildman–Crippen MR) is 95.2 cm³/mol. The summed E-state index contributed by atoms with van der Waals surface area (Å²) in [6, 6.07) is 17.3. The Kier molecular flexibility index (Phi) is 6.88. The first-order valence-corrected chi connectivity index (χ1v) is 8.65. The smallest absolute Gasteiger partial charge is 0.307 e. The van der Waals surface area contributed by atoms with Gasteiger partial charge in [-0.3, -0.25) is 9.59 Å². The van der Waals surface area contributed by atoms with Crippen molar-refractivity contribution < 1.29 is 19.4 Å². The van der Waals surface area contributed by atoms with Gasteiger partial charge in [0.2, 0.25) is 0 Å². The maximum absolute atomic E-state index is 11.3. The van der Waals surface area contributed by atoms with Crippen molar-refractivity contribution in [3.05, 3.63) is 65.7 Å². The number of rotatable bonds is 8. The number of carbonyl (C=O) groups is 2. The summed E-state index contributed by atoms with van der Waals surface area (Å²) in [5.74, 6) is -0.424. The summed E-state index contributed by atoms with van der Waals surface area (Å²) in [7, 11) is 0. The zero-order valence-corrected chi connectivity index (χ0v) is 14.3. The molecular weight excluding hydrogens is 324 g/mol. The van der Waals surface area contributed by atoms with Crippen LogP contribution in [0.25, 0.3) is 0 Å². The number of aliphatic carboxylic acids is 1. The van der Waals surface area contributed by atoms with E-state index in [1.165, 1.54) is 6.92 Å². The third-order valence-corrected chi connectivity index (χ3v) is 4.47. The zero-order chi connectivity index (χ0) is 17.4. The lowest BCUT2D eigenvalue weighted by Gasteiger charge is -2.12. The molecule has 0 radical (unpaired) electrons. The van der Waals surface area contributed by atoms with Crippen LogP contribution < -0.4 is 4.74 Å². The standard InChI is InChI=1S/C19H20O4S/c1-14(20)24-13-17(19(21)22)11-15-7-9-18(10-8-15)23-12-16-5-3-2-4-6-16/h2-10,17H,11-13H2,1H3,(H,21,22). The van der Waals surface area contributed by atoms with E-state index < -0.39 is 11.9 Å². The van der Waals surface area contributed by atoms with Crippen molar-refractivity contribution in [1.82, 2.24) is 0 Å². The largest absolute Gasteiger partial charge is 0.489 e. The molecule has 2 aromatic rings. The van der Waals surface area contributed by atoms with Crippen LogP contribution in [0.1, 0.15) is 18.1 Å². The Bertz CT molecular complexity index is 668. The van der Waals surface area contributed by atoms with Gasteiger partial charge in [0, 0.05) is 12.7 Å². The molecule has 0 aromatic heterocycles. The Labute approximate surface area is 145 Å². The lowest BCUT2D eigenvalue weighted by Crippen LogP contribution is -2.19. The average molecular weight is 344 g/mol. The molecule has 0 heterocycles. The van der Waals surface area contributed by atoms with Gasteiger partial charge in [-0.2, -0.15) is 0 Å². The zero-order valence-electron chi connectivity index (χ0n) is 13.5. The Morgan fingerprint density at radius 3 is 2.29 bits per heavy atom. The molecule has 126 valence electrons. The van der Waals surface area contributed by atoms with Crippen LogP contribution in [0.4, 0.5) is 0 Å². The van der Waals surface area contributed by atoms with E-state index in [0.717, 1.165) is 28.6 Å². The lowest BCUT2D eigenvalue weighted by atomic mass is 10.0. The summed E-state index contributed by atoms with van der Waals surface area (Å²) in [5, 5.41) is 9.20. The van der Waals surface area contributed by atoms with Gasteiger partial charge in [0.25, 0.3) is 0 Å². The monoisotopic (exact) mass is 344 g/mol. The number of benzene rings is 2. The summed E-state index contributed by atoms with van der Waals surface area (Å²) < 4.78 is 5.71.